The first-order valence-electron chi connectivity index (χ1n) is 7.50. The van der Waals surface area contributed by atoms with Crippen molar-refractivity contribution in [2.24, 2.45) is 5.41 Å². The van der Waals surface area contributed by atoms with Crippen LogP contribution in [0.25, 0.3) is 16.9 Å². The van der Waals surface area contributed by atoms with Gasteiger partial charge in [0.1, 0.15) is 0 Å². The molecule has 0 bridgehead atoms. The van der Waals surface area contributed by atoms with Gasteiger partial charge in [0.25, 0.3) is 0 Å². The summed E-state index contributed by atoms with van der Waals surface area (Å²) in [6.45, 7) is 5.68. The van der Waals surface area contributed by atoms with Gasteiger partial charge in [-0.1, -0.05) is 32.9 Å². The molecule has 2 heterocycles. The van der Waals surface area contributed by atoms with Gasteiger partial charge in [-0.05, 0) is 50.1 Å². The van der Waals surface area contributed by atoms with Gasteiger partial charge in [0.15, 0.2) is 5.65 Å². The maximum atomic E-state index is 12.2. The largest absolute Gasteiger partial charge is 0.326 e. The number of imidazole rings is 1. The van der Waals surface area contributed by atoms with Crippen LogP contribution in [0.15, 0.2) is 51.7 Å². The molecular weight excluding hydrogens is 434 g/mol. The Balaban J connectivity index is 1.97. The van der Waals surface area contributed by atoms with Gasteiger partial charge in [-0.25, -0.2) is 4.98 Å². The van der Waals surface area contributed by atoms with Crippen LogP contribution in [-0.2, 0) is 4.79 Å². The Labute approximate surface area is 157 Å². The number of pyridine rings is 1. The molecule has 24 heavy (non-hydrogen) atoms. The summed E-state index contributed by atoms with van der Waals surface area (Å²) in [6.07, 6.45) is 3.93. The Hall–Kier alpha value is -1.66. The molecule has 124 valence electrons. The molecule has 0 aliphatic heterocycles. The quantitative estimate of drug-likeness (QED) is 0.559. The number of halogens is 2. The van der Waals surface area contributed by atoms with Gasteiger partial charge in [-0.3, -0.25) is 4.79 Å². The van der Waals surface area contributed by atoms with Crippen molar-refractivity contribution >= 4 is 49.1 Å². The highest BCUT2D eigenvalue weighted by molar-refractivity contribution is 9.11. The average molecular weight is 451 g/mol. The number of nitrogens with one attached hydrogen (secondary N) is 1. The van der Waals surface area contributed by atoms with Crippen molar-refractivity contribution in [2.75, 3.05) is 5.32 Å². The third-order valence-electron chi connectivity index (χ3n) is 3.57. The number of rotatable bonds is 2. The summed E-state index contributed by atoms with van der Waals surface area (Å²) < 4.78 is 3.85. The van der Waals surface area contributed by atoms with Crippen molar-refractivity contribution in [1.29, 1.82) is 0 Å². The summed E-state index contributed by atoms with van der Waals surface area (Å²) in [5, 5.41) is 2.96. The normalized spacial score (nSPS) is 11.7. The smallest absolute Gasteiger partial charge is 0.229 e. The molecule has 0 aliphatic carbocycles. The Morgan fingerprint density at radius 3 is 2.62 bits per heavy atom. The van der Waals surface area contributed by atoms with Crippen molar-refractivity contribution < 1.29 is 4.79 Å². The lowest BCUT2D eigenvalue weighted by atomic mass is 9.95. The minimum atomic E-state index is -0.434. The fourth-order valence-electron chi connectivity index (χ4n) is 2.24. The van der Waals surface area contributed by atoms with E-state index in [1.54, 1.807) is 0 Å². The predicted molar refractivity (Wildman–Crippen MR) is 104 cm³/mol. The molecule has 0 saturated heterocycles. The Kier molecular flexibility index (Phi) is 4.53. The highest BCUT2D eigenvalue weighted by atomic mass is 79.9. The first-order valence-corrected chi connectivity index (χ1v) is 9.08. The molecule has 6 heteroatoms. The molecule has 0 fully saturated rings. The van der Waals surface area contributed by atoms with Crippen LogP contribution < -0.4 is 5.32 Å². The fourth-order valence-corrected chi connectivity index (χ4v) is 3.54. The second-order valence-electron chi connectivity index (χ2n) is 6.65. The first kappa shape index (κ1) is 17.2. The molecule has 0 unspecified atom stereocenters. The standard InChI is InChI=1S/C18H17Br2N3O/c1-18(2,3)17(24)21-13-6-4-5-11(7-13)15-10-23-9-12(19)8-14(20)16(23)22-15/h4-10H,1-3H3,(H,21,24). The summed E-state index contributed by atoms with van der Waals surface area (Å²) in [5.74, 6) is -0.0127. The van der Waals surface area contributed by atoms with Crippen LogP contribution in [0.1, 0.15) is 20.8 Å². The van der Waals surface area contributed by atoms with E-state index in [0.717, 1.165) is 31.5 Å². The van der Waals surface area contributed by atoms with E-state index < -0.39 is 5.41 Å². The molecule has 0 atom stereocenters. The lowest BCUT2D eigenvalue weighted by Gasteiger charge is -2.17. The number of amides is 1. The number of carbonyl (C=O) groups excluding carboxylic acids is 1. The third kappa shape index (κ3) is 3.54. The van der Waals surface area contributed by atoms with Crippen molar-refractivity contribution in [3.05, 3.63) is 51.7 Å². The van der Waals surface area contributed by atoms with E-state index in [1.165, 1.54) is 0 Å². The summed E-state index contributed by atoms with van der Waals surface area (Å²) in [4.78, 5) is 16.8. The van der Waals surface area contributed by atoms with E-state index in [9.17, 15) is 4.79 Å². The second-order valence-corrected chi connectivity index (χ2v) is 8.42. The van der Waals surface area contributed by atoms with Crippen LogP contribution in [0.3, 0.4) is 0 Å². The van der Waals surface area contributed by atoms with Crippen LogP contribution in [0.4, 0.5) is 5.69 Å². The van der Waals surface area contributed by atoms with Gasteiger partial charge < -0.3 is 9.72 Å². The molecular formula is C18H17Br2N3O. The van der Waals surface area contributed by atoms with Crippen molar-refractivity contribution in [1.82, 2.24) is 9.38 Å². The molecule has 4 nitrogen and oxygen atoms in total. The molecule has 1 amide bonds. The van der Waals surface area contributed by atoms with E-state index >= 15 is 0 Å². The molecule has 0 spiro atoms. The number of hydrogen-bond donors (Lipinski definition) is 1. The molecule has 3 aromatic rings. The zero-order chi connectivity index (χ0) is 17.5. The topological polar surface area (TPSA) is 46.4 Å². The van der Waals surface area contributed by atoms with Crippen LogP contribution in [0, 0.1) is 5.41 Å². The highest BCUT2D eigenvalue weighted by Crippen LogP contribution is 2.28. The number of carbonyl (C=O) groups is 1. The molecule has 0 radical (unpaired) electrons. The molecule has 1 N–H and O–H groups in total. The Morgan fingerprint density at radius 1 is 1.17 bits per heavy atom. The maximum absolute atomic E-state index is 12.2. The van der Waals surface area contributed by atoms with Gasteiger partial charge in [0, 0.05) is 33.5 Å². The second kappa shape index (κ2) is 6.33. The van der Waals surface area contributed by atoms with Crippen molar-refractivity contribution in [2.45, 2.75) is 20.8 Å². The lowest BCUT2D eigenvalue weighted by molar-refractivity contribution is -0.123. The summed E-state index contributed by atoms with van der Waals surface area (Å²) >= 11 is 7.01. The summed E-state index contributed by atoms with van der Waals surface area (Å²) in [6, 6.07) is 9.69. The average Bonchev–Trinajstić information content (AvgIpc) is 2.91. The third-order valence-corrected chi connectivity index (χ3v) is 4.59. The SMILES string of the molecule is CC(C)(C)C(=O)Nc1cccc(-c2cn3cc(Br)cc(Br)c3n2)c1. The van der Waals surface area contributed by atoms with Gasteiger partial charge in [0.05, 0.1) is 10.2 Å². The summed E-state index contributed by atoms with van der Waals surface area (Å²) in [5.41, 5.74) is 2.98. The molecule has 2 aromatic heterocycles. The Bertz CT molecular complexity index is 926. The van der Waals surface area contributed by atoms with E-state index in [-0.39, 0.29) is 5.91 Å². The minimum absolute atomic E-state index is 0.0127. The number of hydrogen-bond acceptors (Lipinski definition) is 2. The molecule has 0 aliphatic rings. The maximum Gasteiger partial charge on any atom is 0.229 e. The zero-order valence-electron chi connectivity index (χ0n) is 13.6. The zero-order valence-corrected chi connectivity index (χ0v) is 16.8. The first-order chi connectivity index (χ1) is 11.2. The predicted octanol–water partition coefficient (Wildman–Crippen LogP) is 5.51. The number of nitrogens with zero attached hydrogens (tertiary/aromatic N) is 2. The minimum Gasteiger partial charge on any atom is -0.326 e. The van der Waals surface area contributed by atoms with Gasteiger partial charge >= 0.3 is 0 Å². The lowest BCUT2D eigenvalue weighted by Crippen LogP contribution is -2.27. The van der Waals surface area contributed by atoms with Crippen LogP contribution >= 0.6 is 31.9 Å². The van der Waals surface area contributed by atoms with Crippen LogP contribution in [0.2, 0.25) is 0 Å². The van der Waals surface area contributed by atoms with E-state index in [2.05, 4.69) is 42.2 Å². The number of fused-ring (bicyclic) bond motifs is 1. The van der Waals surface area contributed by atoms with Crippen molar-refractivity contribution in [3.63, 3.8) is 0 Å². The van der Waals surface area contributed by atoms with Gasteiger partial charge in [-0.2, -0.15) is 0 Å². The fraction of sp³-hybridized carbons (Fsp3) is 0.222. The number of benzene rings is 1. The van der Waals surface area contributed by atoms with E-state index in [1.807, 2.05) is 67.9 Å². The van der Waals surface area contributed by atoms with E-state index in [0.29, 0.717) is 0 Å². The number of aromatic nitrogens is 2. The molecule has 1 aromatic carbocycles. The van der Waals surface area contributed by atoms with Crippen LogP contribution in [0.5, 0.6) is 0 Å². The van der Waals surface area contributed by atoms with Gasteiger partial charge in [0.2, 0.25) is 5.91 Å². The summed E-state index contributed by atoms with van der Waals surface area (Å²) in [7, 11) is 0. The Morgan fingerprint density at radius 2 is 1.92 bits per heavy atom. The molecule has 0 saturated carbocycles. The monoisotopic (exact) mass is 449 g/mol. The van der Waals surface area contributed by atoms with E-state index in [4.69, 9.17) is 0 Å². The van der Waals surface area contributed by atoms with Crippen LogP contribution in [-0.4, -0.2) is 15.3 Å². The number of anilines is 1. The van der Waals surface area contributed by atoms with Gasteiger partial charge in [-0.15, -0.1) is 0 Å². The van der Waals surface area contributed by atoms with Crippen molar-refractivity contribution in [3.8, 4) is 11.3 Å². The molecule has 3 rings (SSSR count). The highest BCUT2D eigenvalue weighted by Gasteiger charge is 2.21.